The van der Waals surface area contributed by atoms with Crippen molar-refractivity contribution < 1.29 is 15.0 Å². The Kier molecular flexibility index (Phi) is 4.32. The average Bonchev–Trinajstić information content (AvgIpc) is 3.36. The van der Waals surface area contributed by atoms with E-state index in [1.807, 2.05) is 74.6 Å². The summed E-state index contributed by atoms with van der Waals surface area (Å²) in [4.78, 5) is 15.1. The maximum atomic E-state index is 13.1. The van der Waals surface area contributed by atoms with Crippen LogP contribution in [0, 0.1) is 0 Å². The number of carbonyl (C=O) groups is 1. The zero-order chi connectivity index (χ0) is 23.0. The number of benzene rings is 3. The molecule has 0 spiro atoms. The average molecular weight is 443 g/mol. The number of carbonyl (C=O) groups excluding carboxylic acids is 1. The molecule has 7 heteroatoms. The van der Waals surface area contributed by atoms with Crippen LogP contribution in [0.25, 0.3) is 43.6 Å². The summed E-state index contributed by atoms with van der Waals surface area (Å²) in [5.41, 5.74) is 5.01. The van der Waals surface area contributed by atoms with E-state index < -0.39 is 12.3 Å². The molecule has 3 aromatic carbocycles. The minimum atomic E-state index is -1.08. The lowest BCUT2D eigenvalue weighted by Crippen LogP contribution is -2.29. The van der Waals surface area contributed by atoms with E-state index in [4.69, 9.17) is 0 Å². The lowest BCUT2D eigenvalue weighted by molar-refractivity contribution is 0.0852. The summed E-state index contributed by atoms with van der Waals surface area (Å²) in [6.45, 7) is 0.926. The summed E-state index contributed by atoms with van der Waals surface area (Å²) < 4.78 is 4.27. The van der Waals surface area contributed by atoms with Crippen LogP contribution in [0.5, 0.6) is 0 Å². The monoisotopic (exact) mass is 442 g/mol. The number of amides is 1. The van der Waals surface area contributed by atoms with Crippen molar-refractivity contribution in [3.8, 4) is 0 Å². The van der Waals surface area contributed by atoms with E-state index in [1.54, 1.807) is 0 Å². The van der Waals surface area contributed by atoms with Gasteiger partial charge in [0.15, 0.2) is 6.23 Å². The molecule has 5 aromatic rings. The third kappa shape index (κ3) is 2.70. The summed E-state index contributed by atoms with van der Waals surface area (Å²) >= 11 is 0. The van der Waals surface area contributed by atoms with Crippen LogP contribution >= 0.6 is 0 Å². The second kappa shape index (κ2) is 7.05. The van der Waals surface area contributed by atoms with Crippen molar-refractivity contribution in [2.24, 2.45) is 7.05 Å². The molecule has 168 valence electrons. The van der Waals surface area contributed by atoms with Crippen molar-refractivity contribution in [1.29, 1.82) is 0 Å². The van der Waals surface area contributed by atoms with Gasteiger partial charge in [-0.05, 0) is 26.2 Å². The molecule has 0 saturated heterocycles. The summed E-state index contributed by atoms with van der Waals surface area (Å²) in [5, 5.41) is 28.2. The fourth-order valence-corrected chi connectivity index (χ4v) is 5.66. The van der Waals surface area contributed by atoms with Gasteiger partial charge < -0.3 is 29.6 Å². The third-order valence-electron chi connectivity index (χ3n) is 6.83. The molecular formula is C26H26N4O3. The van der Waals surface area contributed by atoms with Crippen LogP contribution in [0.1, 0.15) is 22.1 Å². The molecule has 0 bridgehead atoms. The second-order valence-electron chi connectivity index (χ2n) is 9.23. The molecule has 1 amide bonds. The Morgan fingerprint density at radius 3 is 2.33 bits per heavy atom. The summed E-state index contributed by atoms with van der Waals surface area (Å²) in [5.74, 6) is -0.259. The zero-order valence-corrected chi connectivity index (χ0v) is 18.8. The van der Waals surface area contributed by atoms with Crippen LogP contribution in [-0.2, 0) is 13.6 Å². The molecular weight excluding hydrogens is 416 g/mol. The van der Waals surface area contributed by atoms with Crippen molar-refractivity contribution in [1.82, 2.24) is 19.4 Å². The number of para-hydroxylation sites is 2. The van der Waals surface area contributed by atoms with Crippen LogP contribution < -0.4 is 5.32 Å². The topological polar surface area (TPSA) is 82.7 Å². The number of aliphatic hydroxyl groups is 2. The van der Waals surface area contributed by atoms with Gasteiger partial charge in [-0.1, -0.05) is 36.4 Å². The largest absolute Gasteiger partial charge is 0.390 e. The van der Waals surface area contributed by atoms with Gasteiger partial charge in [0.25, 0.3) is 5.91 Å². The van der Waals surface area contributed by atoms with Crippen LogP contribution in [0.3, 0.4) is 0 Å². The van der Waals surface area contributed by atoms with Crippen LogP contribution in [0.2, 0.25) is 0 Å². The number of aliphatic hydroxyl groups excluding tert-OH is 2. The Hall–Kier alpha value is -3.39. The van der Waals surface area contributed by atoms with Crippen molar-refractivity contribution in [2.75, 3.05) is 20.6 Å². The fourth-order valence-electron chi connectivity index (χ4n) is 5.66. The van der Waals surface area contributed by atoms with Crippen molar-refractivity contribution in [3.63, 3.8) is 0 Å². The van der Waals surface area contributed by atoms with E-state index in [0.717, 1.165) is 43.6 Å². The first-order valence-electron chi connectivity index (χ1n) is 11.1. The van der Waals surface area contributed by atoms with Crippen molar-refractivity contribution in [2.45, 2.75) is 18.9 Å². The van der Waals surface area contributed by atoms with Gasteiger partial charge in [0.2, 0.25) is 0 Å². The van der Waals surface area contributed by atoms with Gasteiger partial charge >= 0.3 is 0 Å². The molecule has 1 aliphatic heterocycles. The minimum Gasteiger partial charge on any atom is -0.390 e. The van der Waals surface area contributed by atoms with Crippen molar-refractivity contribution in [3.05, 3.63) is 59.7 Å². The summed E-state index contributed by atoms with van der Waals surface area (Å²) in [6, 6.07) is 16.0. The molecule has 0 radical (unpaired) electrons. The Morgan fingerprint density at radius 1 is 1.00 bits per heavy atom. The van der Waals surface area contributed by atoms with Gasteiger partial charge in [0.05, 0.1) is 29.2 Å². The number of hydrogen-bond donors (Lipinski definition) is 3. The molecule has 3 N–H and O–H groups in total. The summed E-state index contributed by atoms with van der Waals surface area (Å²) in [7, 11) is 5.90. The van der Waals surface area contributed by atoms with E-state index in [-0.39, 0.29) is 5.91 Å². The van der Waals surface area contributed by atoms with Gasteiger partial charge in [-0.15, -0.1) is 0 Å². The number of aromatic nitrogens is 2. The van der Waals surface area contributed by atoms with Gasteiger partial charge in [-0.2, -0.15) is 0 Å². The lowest BCUT2D eigenvalue weighted by atomic mass is 9.96. The molecule has 3 heterocycles. The second-order valence-corrected chi connectivity index (χ2v) is 9.23. The number of aryl methyl sites for hydroxylation is 1. The standard InChI is InChI=1S/C26H26N4O3/c1-28(2)12-14(31)13-30-18-11-7-5-9-16(18)20-22-21(25(32)27-26(22)33)19-15-8-4-6-10-17(15)29(3)23(19)24(20)30/h4-11,14,26,31,33H,12-13H2,1-3H3,(H,27,32). The Balaban J connectivity index is 1.87. The predicted molar refractivity (Wildman–Crippen MR) is 130 cm³/mol. The first-order valence-corrected chi connectivity index (χ1v) is 11.1. The molecule has 7 nitrogen and oxygen atoms in total. The van der Waals surface area contributed by atoms with E-state index in [9.17, 15) is 15.0 Å². The molecule has 33 heavy (non-hydrogen) atoms. The van der Waals surface area contributed by atoms with Crippen LogP contribution in [-0.4, -0.2) is 56.9 Å². The molecule has 0 saturated carbocycles. The summed E-state index contributed by atoms with van der Waals surface area (Å²) in [6.07, 6.45) is -1.66. The Labute approximate surface area is 190 Å². The van der Waals surface area contributed by atoms with Gasteiger partial charge in [-0.25, -0.2) is 0 Å². The number of hydrogen-bond acceptors (Lipinski definition) is 4. The van der Waals surface area contributed by atoms with Gasteiger partial charge in [0.1, 0.15) is 0 Å². The Morgan fingerprint density at radius 2 is 1.64 bits per heavy atom. The minimum absolute atomic E-state index is 0.259. The SMILES string of the molecule is CN(C)CC(O)Cn1c2ccccc2c2c3c(c4c5ccccc5n(C)c4c21)C(=O)NC3O. The van der Waals surface area contributed by atoms with Crippen LogP contribution in [0.4, 0.5) is 0 Å². The fraction of sp³-hybridized carbons (Fsp3) is 0.269. The Bertz CT molecular complexity index is 1590. The number of nitrogens with one attached hydrogen (secondary N) is 1. The molecule has 2 atom stereocenters. The normalized spacial score (nSPS) is 17.0. The maximum Gasteiger partial charge on any atom is 0.254 e. The number of rotatable bonds is 4. The van der Waals surface area contributed by atoms with Crippen LogP contribution in [0.15, 0.2) is 48.5 Å². The first kappa shape index (κ1) is 20.2. The number of nitrogens with zero attached hydrogens (tertiary/aromatic N) is 3. The zero-order valence-electron chi connectivity index (χ0n) is 18.8. The van der Waals surface area contributed by atoms with E-state index in [2.05, 4.69) is 14.5 Å². The van der Waals surface area contributed by atoms with E-state index >= 15 is 0 Å². The smallest absolute Gasteiger partial charge is 0.254 e. The van der Waals surface area contributed by atoms with E-state index in [0.29, 0.717) is 24.2 Å². The highest BCUT2D eigenvalue weighted by atomic mass is 16.3. The molecule has 2 aromatic heterocycles. The molecule has 2 unspecified atom stereocenters. The lowest BCUT2D eigenvalue weighted by Gasteiger charge is -2.18. The molecule has 0 fully saturated rings. The maximum absolute atomic E-state index is 13.1. The van der Waals surface area contributed by atoms with Gasteiger partial charge in [-0.3, -0.25) is 4.79 Å². The predicted octanol–water partition coefficient (Wildman–Crippen LogP) is 3.10. The highest BCUT2D eigenvalue weighted by molar-refractivity contribution is 6.30. The highest BCUT2D eigenvalue weighted by Gasteiger charge is 2.36. The molecule has 0 aliphatic carbocycles. The number of fused-ring (bicyclic) bond motifs is 10. The van der Waals surface area contributed by atoms with Crippen molar-refractivity contribution >= 4 is 49.5 Å². The molecule has 1 aliphatic rings. The first-order chi connectivity index (χ1) is 15.9. The van der Waals surface area contributed by atoms with Gasteiger partial charge in [0, 0.05) is 51.7 Å². The third-order valence-corrected chi connectivity index (χ3v) is 6.83. The quantitative estimate of drug-likeness (QED) is 0.400. The highest BCUT2D eigenvalue weighted by Crippen LogP contribution is 2.46. The molecule has 6 rings (SSSR count). The number of likely N-dealkylation sites (N-methyl/N-ethyl adjacent to an activating group) is 1. The van der Waals surface area contributed by atoms with E-state index in [1.165, 1.54) is 0 Å².